The van der Waals surface area contributed by atoms with Gasteiger partial charge in [0, 0.05) is 18.4 Å². The minimum Gasteiger partial charge on any atom is -0.493 e. The summed E-state index contributed by atoms with van der Waals surface area (Å²) in [4.78, 5) is 31.2. The van der Waals surface area contributed by atoms with Crippen molar-refractivity contribution in [2.75, 3.05) is 14.2 Å². The minimum absolute atomic E-state index is 0.0843. The molecule has 8 heteroatoms. The van der Waals surface area contributed by atoms with Gasteiger partial charge >= 0.3 is 0 Å². The van der Waals surface area contributed by atoms with Gasteiger partial charge in [-0.2, -0.15) is 5.10 Å². The summed E-state index contributed by atoms with van der Waals surface area (Å²) in [6.45, 7) is 0. The molecular weight excluding hydrogens is 360 g/mol. The van der Waals surface area contributed by atoms with Crippen LogP contribution in [0.3, 0.4) is 0 Å². The van der Waals surface area contributed by atoms with Gasteiger partial charge in [0.05, 0.1) is 31.5 Å². The quantitative estimate of drug-likeness (QED) is 0.482. The third kappa shape index (κ3) is 4.35. The van der Waals surface area contributed by atoms with Gasteiger partial charge in [-0.3, -0.25) is 9.59 Å². The van der Waals surface area contributed by atoms with Crippen LogP contribution in [0.2, 0.25) is 0 Å². The molecule has 0 saturated carbocycles. The average Bonchev–Trinajstić information content (AvgIpc) is 2.71. The Balaban J connectivity index is 1.62. The third-order valence-corrected chi connectivity index (χ3v) is 4.08. The predicted octanol–water partition coefficient (Wildman–Crippen LogP) is 2.02. The number of fused-ring (bicyclic) bond motifs is 1. The van der Waals surface area contributed by atoms with Crippen molar-refractivity contribution >= 4 is 23.2 Å². The Hall–Kier alpha value is -3.68. The second-order valence-corrected chi connectivity index (χ2v) is 5.91. The molecular formula is C20H20N4O4. The predicted molar refractivity (Wildman–Crippen MR) is 106 cm³/mol. The first-order valence-corrected chi connectivity index (χ1v) is 8.63. The first kappa shape index (κ1) is 19.1. The zero-order chi connectivity index (χ0) is 19.9. The number of benzene rings is 2. The van der Waals surface area contributed by atoms with Crippen LogP contribution in [-0.2, 0) is 11.2 Å². The van der Waals surface area contributed by atoms with Gasteiger partial charge in [0.1, 0.15) is 5.69 Å². The number of hydrogen-bond donors (Lipinski definition) is 2. The fraction of sp³-hybridized carbons (Fsp3) is 0.200. The lowest BCUT2D eigenvalue weighted by molar-refractivity contribution is -0.121. The fourth-order valence-electron chi connectivity index (χ4n) is 2.71. The van der Waals surface area contributed by atoms with Gasteiger partial charge in [-0.1, -0.05) is 18.2 Å². The summed E-state index contributed by atoms with van der Waals surface area (Å²) >= 11 is 0. The molecule has 0 spiro atoms. The second-order valence-electron chi connectivity index (χ2n) is 5.91. The van der Waals surface area contributed by atoms with E-state index in [2.05, 4.69) is 20.5 Å². The van der Waals surface area contributed by atoms with Crippen LogP contribution in [0.4, 0.5) is 0 Å². The van der Waals surface area contributed by atoms with Gasteiger partial charge in [-0.05, 0) is 24.3 Å². The third-order valence-electron chi connectivity index (χ3n) is 4.08. The van der Waals surface area contributed by atoms with E-state index in [1.807, 2.05) is 12.1 Å². The maximum absolute atomic E-state index is 12.1. The monoisotopic (exact) mass is 380 g/mol. The van der Waals surface area contributed by atoms with Crippen LogP contribution < -0.4 is 20.5 Å². The number of aromatic amines is 1. The molecule has 3 rings (SSSR count). The van der Waals surface area contributed by atoms with E-state index in [1.54, 1.807) is 37.4 Å². The lowest BCUT2D eigenvalue weighted by atomic mass is 10.2. The number of hydrazone groups is 1. The van der Waals surface area contributed by atoms with Crippen LogP contribution in [0.5, 0.6) is 11.5 Å². The van der Waals surface area contributed by atoms with Gasteiger partial charge in [0.2, 0.25) is 5.91 Å². The molecule has 0 aliphatic heterocycles. The number of aromatic nitrogens is 2. The molecule has 0 atom stereocenters. The fourth-order valence-corrected chi connectivity index (χ4v) is 2.71. The maximum Gasteiger partial charge on any atom is 0.270 e. The van der Waals surface area contributed by atoms with Crippen molar-refractivity contribution in [3.8, 4) is 11.5 Å². The lowest BCUT2D eigenvalue weighted by Crippen LogP contribution is -2.21. The van der Waals surface area contributed by atoms with Crippen molar-refractivity contribution in [1.29, 1.82) is 0 Å². The molecule has 2 N–H and O–H groups in total. The Morgan fingerprint density at radius 3 is 2.79 bits per heavy atom. The molecule has 0 fully saturated rings. The van der Waals surface area contributed by atoms with E-state index in [0.29, 0.717) is 33.8 Å². The van der Waals surface area contributed by atoms with E-state index in [-0.39, 0.29) is 24.3 Å². The summed E-state index contributed by atoms with van der Waals surface area (Å²) in [5.74, 6) is 0.766. The van der Waals surface area contributed by atoms with E-state index in [9.17, 15) is 9.59 Å². The van der Waals surface area contributed by atoms with Gasteiger partial charge in [0.15, 0.2) is 11.5 Å². The van der Waals surface area contributed by atoms with Gasteiger partial charge in [-0.25, -0.2) is 10.4 Å². The van der Waals surface area contributed by atoms with Crippen molar-refractivity contribution < 1.29 is 14.3 Å². The van der Waals surface area contributed by atoms with Crippen LogP contribution >= 0.6 is 0 Å². The standard InChI is InChI=1S/C20H20N4O4/c1-27-17-9-5-6-13(19(17)28-2)12-21-24-18(25)11-10-16-20(26)23-15-8-4-3-7-14(15)22-16/h3-9,12H,10-11H2,1-2H3,(H,23,26)(H,24,25)/b21-12-. The van der Waals surface area contributed by atoms with Crippen LogP contribution in [-0.4, -0.2) is 36.3 Å². The Kier molecular flexibility index (Phi) is 6.01. The molecule has 2 aromatic carbocycles. The molecule has 0 aliphatic rings. The van der Waals surface area contributed by atoms with Crippen molar-refractivity contribution in [1.82, 2.24) is 15.4 Å². The number of H-pyrrole nitrogens is 1. The number of nitrogens with one attached hydrogen (secondary N) is 2. The Bertz CT molecular complexity index is 1080. The molecule has 1 amide bonds. The highest BCUT2D eigenvalue weighted by Crippen LogP contribution is 2.29. The summed E-state index contributed by atoms with van der Waals surface area (Å²) < 4.78 is 10.5. The molecule has 0 radical (unpaired) electrons. The van der Waals surface area contributed by atoms with E-state index in [0.717, 1.165) is 0 Å². The molecule has 0 bridgehead atoms. The molecule has 3 aromatic rings. The van der Waals surface area contributed by atoms with E-state index in [1.165, 1.54) is 13.3 Å². The number of carbonyl (C=O) groups is 1. The molecule has 0 unspecified atom stereocenters. The molecule has 0 aliphatic carbocycles. The van der Waals surface area contributed by atoms with Crippen molar-refractivity contribution in [3.63, 3.8) is 0 Å². The van der Waals surface area contributed by atoms with Crippen molar-refractivity contribution in [2.45, 2.75) is 12.8 Å². The summed E-state index contributed by atoms with van der Waals surface area (Å²) in [7, 11) is 3.07. The molecule has 144 valence electrons. The normalized spacial score (nSPS) is 10.9. The van der Waals surface area contributed by atoms with Crippen LogP contribution in [0.25, 0.3) is 11.0 Å². The van der Waals surface area contributed by atoms with Gasteiger partial charge in [0.25, 0.3) is 5.56 Å². The zero-order valence-corrected chi connectivity index (χ0v) is 15.6. The SMILES string of the molecule is COc1cccc(/C=N\NC(=O)CCc2nc3ccccc3[nH]c2=O)c1OC. The van der Waals surface area contributed by atoms with Crippen LogP contribution in [0.15, 0.2) is 52.4 Å². The number of nitrogens with zero attached hydrogens (tertiary/aromatic N) is 2. The molecule has 0 saturated heterocycles. The number of aryl methyl sites for hydroxylation is 1. The van der Waals surface area contributed by atoms with Crippen molar-refractivity contribution in [3.05, 3.63) is 64.1 Å². The average molecular weight is 380 g/mol. The molecule has 28 heavy (non-hydrogen) atoms. The van der Waals surface area contributed by atoms with Crippen LogP contribution in [0.1, 0.15) is 17.7 Å². The summed E-state index contributed by atoms with van der Waals surface area (Å²) in [6.07, 6.45) is 1.77. The first-order chi connectivity index (χ1) is 13.6. The van der Waals surface area contributed by atoms with E-state index < -0.39 is 0 Å². The zero-order valence-electron chi connectivity index (χ0n) is 15.6. The number of amides is 1. The molecule has 1 heterocycles. The highest BCUT2D eigenvalue weighted by molar-refractivity contribution is 5.86. The van der Waals surface area contributed by atoms with Gasteiger partial charge in [-0.15, -0.1) is 0 Å². The summed E-state index contributed by atoms with van der Waals surface area (Å²) in [6, 6.07) is 12.6. The maximum atomic E-state index is 12.1. The van der Waals surface area contributed by atoms with Crippen molar-refractivity contribution in [2.24, 2.45) is 5.10 Å². The van der Waals surface area contributed by atoms with Crippen LogP contribution in [0, 0.1) is 0 Å². The summed E-state index contributed by atoms with van der Waals surface area (Å²) in [5.41, 5.74) is 4.47. The lowest BCUT2D eigenvalue weighted by Gasteiger charge is -2.09. The van der Waals surface area contributed by atoms with E-state index in [4.69, 9.17) is 9.47 Å². The Morgan fingerprint density at radius 1 is 1.18 bits per heavy atom. The molecule has 8 nitrogen and oxygen atoms in total. The summed E-state index contributed by atoms with van der Waals surface area (Å²) in [5, 5.41) is 3.94. The number of methoxy groups -OCH3 is 2. The Morgan fingerprint density at radius 2 is 2.00 bits per heavy atom. The highest BCUT2D eigenvalue weighted by atomic mass is 16.5. The highest BCUT2D eigenvalue weighted by Gasteiger charge is 2.09. The number of rotatable bonds is 7. The first-order valence-electron chi connectivity index (χ1n) is 8.63. The van der Waals surface area contributed by atoms with Gasteiger partial charge < -0.3 is 14.5 Å². The number of para-hydroxylation sites is 3. The number of hydrogen-bond acceptors (Lipinski definition) is 6. The topological polar surface area (TPSA) is 106 Å². The smallest absolute Gasteiger partial charge is 0.270 e. The number of ether oxygens (including phenoxy) is 2. The Labute approximate surface area is 161 Å². The largest absolute Gasteiger partial charge is 0.493 e. The number of carbonyl (C=O) groups excluding carboxylic acids is 1. The molecule has 1 aromatic heterocycles. The second kappa shape index (κ2) is 8.81. The minimum atomic E-state index is -0.326. The van der Waals surface area contributed by atoms with E-state index >= 15 is 0 Å².